The first-order chi connectivity index (χ1) is 17.2. The van der Waals surface area contributed by atoms with Crippen molar-refractivity contribution in [2.24, 2.45) is 0 Å². The molecule has 0 saturated heterocycles. The van der Waals surface area contributed by atoms with Gasteiger partial charge in [0.25, 0.3) is 0 Å². The standard InChI is InChI=1S/C16H15NO.C16H14O/c1-12-10-17-16-8-7-14(9-15(12)16)18-11-13-5-3-2-4-6-13;1-2-5-13(6-3-1)12-17-16-10-9-14-7-4-8-15(14)11-16/h2-10,17H,11H2,1H3;1-6,8-11H,7,12H2. The summed E-state index contributed by atoms with van der Waals surface area (Å²) in [6.45, 7) is 3.33. The number of allylic oxidation sites excluding steroid dienone is 1. The number of benzene rings is 4. The molecule has 5 aromatic rings. The van der Waals surface area contributed by atoms with Gasteiger partial charge in [0.05, 0.1) is 0 Å². The summed E-state index contributed by atoms with van der Waals surface area (Å²) in [4.78, 5) is 3.23. The first-order valence-electron chi connectivity index (χ1n) is 12.0. The second-order valence-corrected chi connectivity index (χ2v) is 8.69. The van der Waals surface area contributed by atoms with Crippen LogP contribution in [0.1, 0.15) is 27.8 Å². The Hall–Kier alpha value is -4.24. The molecule has 1 aliphatic carbocycles. The molecule has 0 atom stereocenters. The monoisotopic (exact) mass is 459 g/mol. The second kappa shape index (κ2) is 10.8. The van der Waals surface area contributed by atoms with Crippen LogP contribution in [0.25, 0.3) is 17.0 Å². The average Bonchev–Trinajstić information content (AvgIpc) is 3.54. The molecule has 174 valence electrons. The van der Waals surface area contributed by atoms with Crippen molar-refractivity contribution < 1.29 is 9.47 Å². The number of rotatable bonds is 6. The molecule has 6 rings (SSSR count). The summed E-state index contributed by atoms with van der Waals surface area (Å²) >= 11 is 0. The Labute approximate surface area is 206 Å². The first kappa shape index (κ1) is 22.5. The van der Waals surface area contributed by atoms with E-state index < -0.39 is 0 Å². The zero-order chi connectivity index (χ0) is 23.9. The van der Waals surface area contributed by atoms with Crippen LogP contribution in [-0.2, 0) is 19.6 Å². The number of aryl methyl sites for hydroxylation is 1. The Kier molecular flexibility index (Phi) is 6.95. The van der Waals surface area contributed by atoms with Crippen LogP contribution in [0.5, 0.6) is 11.5 Å². The number of nitrogens with one attached hydrogen (secondary N) is 1. The Morgan fingerprint density at radius 3 is 2.03 bits per heavy atom. The second-order valence-electron chi connectivity index (χ2n) is 8.69. The lowest BCUT2D eigenvalue weighted by molar-refractivity contribution is 0.306. The molecular weight excluding hydrogens is 430 g/mol. The SMILES string of the molecule is C1=Cc2cc(OCc3ccccc3)ccc2C1.Cc1c[nH]c2ccc(OCc3ccccc3)cc12. The predicted octanol–water partition coefficient (Wildman–Crippen LogP) is 7.89. The molecule has 1 heterocycles. The van der Waals surface area contributed by atoms with Gasteiger partial charge >= 0.3 is 0 Å². The minimum absolute atomic E-state index is 0.607. The van der Waals surface area contributed by atoms with Crippen molar-refractivity contribution in [1.82, 2.24) is 4.98 Å². The third-order valence-corrected chi connectivity index (χ3v) is 6.11. The van der Waals surface area contributed by atoms with E-state index in [-0.39, 0.29) is 0 Å². The summed E-state index contributed by atoms with van der Waals surface area (Å²) in [5, 5.41) is 1.22. The predicted molar refractivity (Wildman–Crippen MR) is 144 cm³/mol. The smallest absolute Gasteiger partial charge is 0.120 e. The van der Waals surface area contributed by atoms with Crippen LogP contribution >= 0.6 is 0 Å². The van der Waals surface area contributed by atoms with Crippen LogP contribution in [0.15, 0.2) is 109 Å². The fourth-order valence-corrected chi connectivity index (χ4v) is 4.13. The molecule has 0 bridgehead atoms. The molecule has 3 heteroatoms. The average molecular weight is 460 g/mol. The van der Waals surface area contributed by atoms with E-state index in [1.807, 2.05) is 48.7 Å². The Morgan fingerprint density at radius 2 is 1.34 bits per heavy atom. The summed E-state index contributed by atoms with van der Waals surface area (Å²) in [5.74, 6) is 1.85. The fourth-order valence-electron chi connectivity index (χ4n) is 4.13. The summed E-state index contributed by atoms with van der Waals surface area (Å²) in [5.41, 5.74) is 7.45. The lowest BCUT2D eigenvalue weighted by Crippen LogP contribution is -1.95. The van der Waals surface area contributed by atoms with E-state index in [0.717, 1.165) is 23.4 Å². The quantitative estimate of drug-likeness (QED) is 0.280. The summed E-state index contributed by atoms with van der Waals surface area (Å²) in [7, 11) is 0. The maximum absolute atomic E-state index is 5.81. The van der Waals surface area contributed by atoms with E-state index >= 15 is 0 Å². The van der Waals surface area contributed by atoms with E-state index in [2.05, 4.69) is 78.7 Å². The lowest BCUT2D eigenvalue weighted by Gasteiger charge is -2.07. The van der Waals surface area contributed by atoms with Crippen LogP contribution in [0.4, 0.5) is 0 Å². The third-order valence-electron chi connectivity index (χ3n) is 6.11. The van der Waals surface area contributed by atoms with Gasteiger partial charge in [0.15, 0.2) is 0 Å². The summed E-state index contributed by atoms with van der Waals surface area (Å²) in [6, 6.07) is 32.9. The molecule has 4 aromatic carbocycles. The van der Waals surface area contributed by atoms with Gasteiger partial charge in [0.1, 0.15) is 24.7 Å². The van der Waals surface area contributed by atoms with Crippen molar-refractivity contribution in [3.8, 4) is 11.5 Å². The van der Waals surface area contributed by atoms with E-state index in [0.29, 0.717) is 13.2 Å². The zero-order valence-corrected chi connectivity index (χ0v) is 19.9. The van der Waals surface area contributed by atoms with Crippen LogP contribution in [0, 0.1) is 6.92 Å². The minimum Gasteiger partial charge on any atom is -0.489 e. The van der Waals surface area contributed by atoms with Gasteiger partial charge in [-0.05, 0) is 71.5 Å². The van der Waals surface area contributed by atoms with E-state index in [1.54, 1.807) is 0 Å². The van der Waals surface area contributed by atoms with Crippen LogP contribution in [0.2, 0.25) is 0 Å². The van der Waals surface area contributed by atoms with Crippen molar-refractivity contribution in [3.05, 3.63) is 137 Å². The van der Waals surface area contributed by atoms with Crippen molar-refractivity contribution in [2.45, 2.75) is 26.6 Å². The highest BCUT2D eigenvalue weighted by molar-refractivity contribution is 5.84. The molecule has 3 nitrogen and oxygen atoms in total. The van der Waals surface area contributed by atoms with E-state index in [9.17, 15) is 0 Å². The molecule has 0 radical (unpaired) electrons. The number of hydrogen-bond donors (Lipinski definition) is 1. The molecular formula is C32H29NO2. The first-order valence-corrected chi connectivity index (χ1v) is 12.0. The summed E-state index contributed by atoms with van der Waals surface area (Å²) in [6.07, 6.45) is 7.41. The van der Waals surface area contributed by atoms with E-state index in [1.165, 1.54) is 33.2 Å². The minimum atomic E-state index is 0.607. The molecule has 1 N–H and O–H groups in total. The number of aromatic nitrogens is 1. The Bertz CT molecular complexity index is 1420. The van der Waals surface area contributed by atoms with Crippen LogP contribution < -0.4 is 9.47 Å². The molecule has 0 unspecified atom stereocenters. The van der Waals surface area contributed by atoms with Gasteiger partial charge in [0.2, 0.25) is 0 Å². The number of H-pyrrole nitrogens is 1. The molecule has 0 fully saturated rings. The molecule has 35 heavy (non-hydrogen) atoms. The number of hydrogen-bond acceptors (Lipinski definition) is 2. The van der Waals surface area contributed by atoms with Crippen molar-refractivity contribution in [1.29, 1.82) is 0 Å². The van der Waals surface area contributed by atoms with Crippen molar-refractivity contribution in [2.75, 3.05) is 0 Å². The van der Waals surface area contributed by atoms with Crippen molar-refractivity contribution in [3.63, 3.8) is 0 Å². The van der Waals surface area contributed by atoms with E-state index in [4.69, 9.17) is 9.47 Å². The number of fused-ring (bicyclic) bond motifs is 2. The largest absolute Gasteiger partial charge is 0.489 e. The van der Waals surface area contributed by atoms with Gasteiger partial charge in [-0.15, -0.1) is 0 Å². The highest BCUT2D eigenvalue weighted by Crippen LogP contribution is 2.25. The van der Waals surface area contributed by atoms with Gasteiger partial charge in [-0.3, -0.25) is 0 Å². The highest BCUT2D eigenvalue weighted by atomic mass is 16.5. The lowest BCUT2D eigenvalue weighted by atomic mass is 10.1. The maximum Gasteiger partial charge on any atom is 0.120 e. The van der Waals surface area contributed by atoms with Crippen LogP contribution in [0.3, 0.4) is 0 Å². The summed E-state index contributed by atoms with van der Waals surface area (Å²) < 4.78 is 11.6. The van der Waals surface area contributed by atoms with Gasteiger partial charge in [-0.25, -0.2) is 0 Å². The Balaban J connectivity index is 0.000000145. The van der Waals surface area contributed by atoms with Crippen molar-refractivity contribution >= 4 is 17.0 Å². The van der Waals surface area contributed by atoms with Gasteiger partial charge in [0, 0.05) is 17.1 Å². The topological polar surface area (TPSA) is 34.2 Å². The van der Waals surface area contributed by atoms with Gasteiger partial charge < -0.3 is 14.5 Å². The van der Waals surface area contributed by atoms with Gasteiger partial charge in [-0.2, -0.15) is 0 Å². The van der Waals surface area contributed by atoms with Crippen LogP contribution in [-0.4, -0.2) is 4.98 Å². The zero-order valence-electron chi connectivity index (χ0n) is 19.9. The molecule has 0 spiro atoms. The fraction of sp³-hybridized carbons (Fsp3) is 0.125. The highest BCUT2D eigenvalue weighted by Gasteiger charge is 2.06. The van der Waals surface area contributed by atoms with Gasteiger partial charge in [-0.1, -0.05) is 78.9 Å². The third kappa shape index (κ3) is 5.82. The molecule has 0 aliphatic heterocycles. The maximum atomic E-state index is 5.81. The Morgan fingerprint density at radius 1 is 0.714 bits per heavy atom. The molecule has 0 saturated carbocycles. The molecule has 1 aromatic heterocycles. The normalized spacial score (nSPS) is 11.6. The molecule has 0 amide bonds. The number of ether oxygens (including phenoxy) is 2. The molecule has 1 aliphatic rings. The number of aromatic amines is 1.